The van der Waals surface area contributed by atoms with E-state index < -0.39 is 0 Å². The van der Waals surface area contributed by atoms with Crippen LogP contribution in [0.4, 0.5) is 5.69 Å². The first-order valence-corrected chi connectivity index (χ1v) is 8.02. The van der Waals surface area contributed by atoms with Gasteiger partial charge in [-0.05, 0) is 29.8 Å². The summed E-state index contributed by atoms with van der Waals surface area (Å²) in [6.45, 7) is 0.780. The Morgan fingerprint density at radius 2 is 1.74 bits per heavy atom. The molecule has 0 aliphatic carbocycles. The van der Waals surface area contributed by atoms with Crippen molar-refractivity contribution >= 4 is 29.1 Å². The Morgan fingerprint density at radius 1 is 1.04 bits per heavy atom. The molecule has 4 nitrogen and oxygen atoms in total. The van der Waals surface area contributed by atoms with Crippen LogP contribution in [0, 0.1) is 0 Å². The van der Waals surface area contributed by atoms with E-state index in [0.29, 0.717) is 10.7 Å². The van der Waals surface area contributed by atoms with Crippen molar-refractivity contribution in [2.75, 3.05) is 11.4 Å². The highest BCUT2D eigenvalue weighted by Crippen LogP contribution is 2.23. The molecule has 1 aliphatic rings. The maximum Gasteiger partial charge on any atom is 0.292 e. The number of benzene rings is 2. The number of hydrogen-bond acceptors (Lipinski definition) is 2. The van der Waals surface area contributed by atoms with Crippen molar-refractivity contribution in [2.24, 2.45) is 0 Å². The Morgan fingerprint density at radius 3 is 2.43 bits per heavy atom. The number of nitrogens with zero attached hydrogens (tertiary/aromatic N) is 1. The number of imide groups is 1. The molecule has 1 saturated heterocycles. The number of anilines is 1. The molecule has 0 aromatic heterocycles. The van der Waals surface area contributed by atoms with Gasteiger partial charge in [0, 0.05) is 11.4 Å². The number of halogens is 1. The van der Waals surface area contributed by atoms with E-state index in [9.17, 15) is 9.59 Å². The lowest BCUT2D eigenvalue weighted by molar-refractivity contribution is -0.674. The van der Waals surface area contributed by atoms with Crippen molar-refractivity contribution in [3.05, 3.63) is 65.2 Å². The Balaban J connectivity index is 1.61. The van der Waals surface area contributed by atoms with Gasteiger partial charge >= 0.3 is 0 Å². The minimum atomic E-state index is -0.332. The molecule has 0 saturated carbocycles. The molecule has 0 spiro atoms. The van der Waals surface area contributed by atoms with E-state index >= 15 is 0 Å². The van der Waals surface area contributed by atoms with Gasteiger partial charge in [0.15, 0.2) is 6.04 Å². The van der Waals surface area contributed by atoms with Crippen molar-refractivity contribution in [2.45, 2.75) is 18.9 Å². The average molecular weight is 330 g/mol. The molecule has 2 N–H and O–H groups in total. The third-order valence-electron chi connectivity index (χ3n) is 3.99. The summed E-state index contributed by atoms with van der Waals surface area (Å²) >= 11 is 5.85. The molecular formula is C18H18ClN2O2+. The molecule has 2 amide bonds. The van der Waals surface area contributed by atoms with Crippen LogP contribution in [0.5, 0.6) is 0 Å². The van der Waals surface area contributed by atoms with Gasteiger partial charge in [0.25, 0.3) is 5.91 Å². The lowest BCUT2D eigenvalue weighted by atomic mass is 10.1. The second-order valence-corrected chi connectivity index (χ2v) is 6.05. The Hall–Kier alpha value is -2.17. The zero-order chi connectivity index (χ0) is 16.2. The quantitative estimate of drug-likeness (QED) is 0.850. The van der Waals surface area contributed by atoms with E-state index in [1.54, 1.807) is 24.3 Å². The molecule has 1 aliphatic heterocycles. The van der Waals surface area contributed by atoms with E-state index in [0.717, 1.165) is 13.0 Å². The molecule has 1 fully saturated rings. The number of nitrogens with two attached hydrogens (primary N) is 1. The van der Waals surface area contributed by atoms with Crippen LogP contribution in [0.3, 0.4) is 0 Å². The van der Waals surface area contributed by atoms with Crippen LogP contribution in [0.1, 0.15) is 12.0 Å². The molecule has 5 heteroatoms. The van der Waals surface area contributed by atoms with Crippen LogP contribution in [0.15, 0.2) is 54.6 Å². The lowest BCUT2D eigenvalue weighted by Crippen LogP contribution is -2.92. The summed E-state index contributed by atoms with van der Waals surface area (Å²) in [6, 6.07) is 16.6. The van der Waals surface area contributed by atoms with Gasteiger partial charge in [0.05, 0.1) is 18.7 Å². The van der Waals surface area contributed by atoms with Crippen molar-refractivity contribution in [1.29, 1.82) is 0 Å². The molecule has 118 valence electrons. The van der Waals surface area contributed by atoms with Crippen molar-refractivity contribution in [1.82, 2.24) is 0 Å². The van der Waals surface area contributed by atoms with E-state index in [-0.39, 0.29) is 24.3 Å². The highest BCUT2D eigenvalue weighted by molar-refractivity contribution is 6.30. The van der Waals surface area contributed by atoms with Crippen molar-refractivity contribution < 1.29 is 14.9 Å². The molecule has 1 atom stereocenters. The molecule has 0 bridgehead atoms. The third kappa shape index (κ3) is 3.60. The average Bonchev–Trinajstić information content (AvgIpc) is 2.84. The predicted molar refractivity (Wildman–Crippen MR) is 89.3 cm³/mol. The van der Waals surface area contributed by atoms with Crippen molar-refractivity contribution in [3.8, 4) is 0 Å². The molecule has 3 rings (SSSR count). The SMILES string of the molecule is O=C1C[C@H]([NH2+]CCc2ccccc2)C(=O)N1c1ccc(Cl)cc1. The van der Waals surface area contributed by atoms with Crippen LogP contribution in [0.2, 0.25) is 5.02 Å². The first-order valence-electron chi connectivity index (χ1n) is 7.65. The molecule has 23 heavy (non-hydrogen) atoms. The molecule has 1 heterocycles. The first kappa shape index (κ1) is 15.7. The summed E-state index contributed by atoms with van der Waals surface area (Å²) in [4.78, 5) is 25.9. The highest BCUT2D eigenvalue weighted by atomic mass is 35.5. The fourth-order valence-electron chi connectivity index (χ4n) is 2.80. The molecule has 0 radical (unpaired) electrons. The number of carbonyl (C=O) groups is 2. The Labute approximate surface area is 140 Å². The zero-order valence-electron chi connectivity index (χ0n) is 12.6. The summed E-state index contributed by atoms with van der Waals surface area (Å²) in [5.74, 6) is -0.302. The third-order valence-corrected chi connectivity index (χ3v) is 4.25. The first-order chi connectivity index (χ1) is 11.1. The van der Waals surface area contributed by atoms with Gasteiger partial charge in [0.1, 0.15) is 0 Å². The van der Waals surface area contributed by atoms with E-state index in [4.69, 9.17) is 11.6 Å². The van der Waals surface area contributed by atoms with Gasteiger partial charge in [-0.2, -0.15) is 0 Å². The summed E-state index contributed by atoms with van der Waals surface area (Å²) in [6.07, 6.45) is 1.12. The Kier molecular flexibility index (Phi) is 4.74. The fraction of sp³-hybridized carbons (Fsp3) is 0.222. The predicted octanol–water partition coefficient (Wildman–Crippen LogP) is 1.78. The monoisotopic (exact) mass is 329 g/mol. The second kappa shape index (κ2) is 6.94. The van der Waals surface area contributed by atoms with Gasteiger partial charge in [0.2, 0.25) is 5.91 Å². The minimum Gasteiger partial charge on any atom is -0.335 e. The molecule has 2 aromatic carbocycles. The standard InChI is InChI=1S/C18H17ClN2O2/c19-14-6-8-15(9-7-14)21-17(22)12-16(18(21)23)20-11-10-13-4-2-1-3-5-13/h1-9,16,20H,10-12H2/p+1/t16-/m0/s1. The van der Waals surface area contributed by atoms with Crippen LogP contribution in [0.25, 0.3) is 0 Å². The number of amides is 2. The fourth-order valence-corrected chi connectivity index (χ4v) is 2.92. The van der Waals surface area contributed by atoms with Gasteiger partial charge in [-0.1, -0.05) is 41.9 Å². The minimum absolute atomic E-state index is 0.148. The zero-order valence-corrected chi connectivity index (χ0v) is 13.4. The number of carbonyl (C=O) groups excluding carboxylic acids is 2. The molecule has 2 aromatic rings. The highest BCUT2D eigenvalue weighted by Gasteiger charge is 2.41. The van der Waals surface area contributed by atoms with E-state index in [1.807, 2.05) is 23.5 Å². The summed E-state index contributed by atoms with van der Waals surface area (Å²) in [5.41, 5.74) is 1.82. The van der Waals surface area contributed by atoms with Gasteiger partial charge in [-0.3, -0.25) is 9.59 Å². The van der Waals surface area contributed by atoms with Crippen LogP contribution in [-0.2, 0) is 16.0 Å². The van der Waals surface area contributed by atoms with Gasteiger partial charge in [-0.25, -0.2) is 4.90 Å². The Bertz CT molecular complexity index is 701. The molecule has 0 unspecified atom stereocenters. The summed E-state index contributed by atoms with van der Waals surface area (Å²) < 4.78 is 0. The van der Waals surface area contributed by atoms with E-state index in [1.165, 1.54) is 10.5 Å². The smallest absolute Gasteiger partial charge is 0.292 e. The largest absolute Gasteiger partial charge is 0.335 e. The maximum atomic E-state index is 12.5. The number of quaternary nitrogens is 1. The van der Waals surface area contributed by atoms with Crippen LogP contribution < -0.4 is 10.2 Å². The lowest BCUT2D eigenvalue weighted by Gasteiger charge is -2.14. The van der Waals surface area contributed by atoms with E-state index in [2.05, 4.69) is 12.1 Å². The normalized spacial score (nSPS) is 17.8. The van der Waals surface area contributed by atoms with Gasteiger partial charge in [-0.15, -0.1) is 0 Å². The molecular weight excluding hydrogens is 312 g/mol. The second-order valence-electron chi connectivity index (χ2n) is 5.61. The van der Waals surface area contributed by atoms with Crippen molar-refractivity contribution in [3.63, 3.8) is 0 Å². The topological polar surface area (TPSA) is 54.0 Å². The number of hydrogen-bond donors (Lipinski definition) is 1. The summed E-state index contributed by atoms with van der Waals surface area (Å²) in [7, 11) is 0. The van der Waals surface area contributed by atoms with Gasteiger partial charge < -0.3 is 5.32 Å². The number of rotatable bonds is 5. The summed E-state index contributed by atoms with van der Waals surface area (Å²) in [5, 5.41) is 2.54. The van der Waals surface area contributed by atoms with Crippen LogP contribution in [-0.4, -0.2) is 24.4 Å². The maximum absolute atomic E-state index is 12.5. The van der Waals surface area contributed by atoms with Crippen LogP contribution >= 0.6 is 11.6 Å².